The van der Waals surface area contributed by atoms with Crippen molar-refractivity contribution in [1.29, 1.82) is 0 Å². The molecule has 2 heterocycles. The monoisotopic (exact) mass is 420 g/mol. The molecule has 2 nitrogen and oxygen atoms in total. The Bertz CT molecular complexity index is 1530. The predicted molar refractivity (Wildman–Crippen MR) is 128 cm³/mol. The average molecular weight is 421 g/mol. The van der Waals surface area contributed by atoms with Gasteiger partial charge < -0.3 is 4.98 Å². The van der Waals surface area contributed by atoms with Crippen LogP contribution >= 0.6 is 11.3 Å². The van der Waals surface area contributed by atoms with Crippen LogP contribution in [0.5, 0.6) is 0 Å². The van der Waals surface area contributed by atoms with Crippen molar-refractivity contribution >= 4 is 31.5 Å². The van der Waals surface area contributed by atoms with Gasteiger partial charge in [-0.25, -0.2) is 9.37 Å². The zero-order valence-electron chi connectivity index (χ0n) is 16.5. The number of aromatic amines is 1. The molecule has 31 heavy (non-hydrogen) atoms. The molecule has 4 aromatic carbocycles. The first kappa shape index (κ1) is 18.0. The first-order chi connectivity index (χ1) is 15.3. The summed E-state index contributed by atoms with van der Waals surface area (Å²) in [5, 5.41) is 2.55. The van der Waals surface area contributed by atoms with E-state index in [1.165, 1.54) is 32.3 Å². The molecule has 0 atom stereocenters. The van der Waals surface area contributed by atoms with E-state index in [-0.39, 0.29) is 5.82 Å². The Morgan fingerprint density at radius 1 is 0.645 bits per heavy atom. The minimum atomic E-state index is -0.256. The molecule has 148 valence electrons. The van der Waals surface area contributed by atoms with E-state index in [4.69, 9.17) is 4.98 Å². The number of thiophene rings is 1. The van der Waals surface area contributed by atoms with Crippen LogP contribution in [0.25, 0.3) is 54.1 Å². The van der Waals surface area contributed by atoms with E-state index in [2.05, 4.69) is 59.6 Å². The van der Waals surface area contributed by atoms with Crippen LogP contribution in [0.4, 0.5) is 4.39 Å². The van der Waals surface area contributed by atoms with Crippen molar-refractivity contribution in [3.8, 4) is 33.9 Å². The Morgan fingerprint density at radius 3 is 2.19 bits per heavy atom. The fourth-order valence-electron chi connectivity index (χ4n) is 4.01. The number of rotatable bonds is 3. The Labute approximate surface area is 182 Å². The van der Waals surface area contributed by atoms with Gasteiger partial charge in [-0.3, -0.25) is 0 Å². The third kappa shape index (κ3) is 3.13. The fourth-order valence-corrected chi connectivity index (χ4v) is 5.16. The molecule has 4 heteroatoms. The van der Waals surface area contributed by atoms with Crippen LogP contribution in [0.3, 0.4) is 0 Å². The maximum absolute atomic E-state index is 13.4. The van der Waals surface area contributed by atoms with Gasteiger partial charge >= 0.3 is 0 Å². The van der Waals surface area contributed by atoms with Crippen LogP contribution in [0.2, 0.25) is 0 Å². The van der Waals surface area contributed by atoms with Gasteiger partial charge in [0.15, 0.2) is 0 Å². The smallest absolute Gasteiger partial charge is 0.138 e. The number of imidazole rings is 1. The van der Waals surface area contributed by atoms with Gasteiger partial charge in [-0.1, -0.05) is 60.7 Å². The number of hydrogen-bond donors (Lipinski definition) is 1. The fraction of sp³-hybridized carbons (Fsp3) is 0. The lowest BCUT2D eigenvalue weighted by Gasteiger charge is -2.03. The highest BCUT2D eigenvalue weighted by atomic mass is 32.1. The SMILES string of the molecule is Fc1ccc(-c2nc(-c3ccc4c(c3)sc3ccccc34)c(-c3ccccc3)[nH]2)cc1. The molecule has 0 amide bonds. The van der Waals surface area contributed by atoms with Gasteiger partial charge in [-0.2, -0.15) is 0 Å². The molecule has 0 aliphatic carbocycles. The molecule has 6 rings (SSSR count). The van der Waals surface area contributed by atoms with E-state index < -0.39 is 0 Å². The first-order valence-corrected chi connectivity index (χ1v) is 10.9. The van der Waals surface area contributed by atoms with Gasteiger partial charge in [-0.15, -0.1) is 11.3 Å². The first-order valence-electron chi connectivity index (χ1n) is 10.1. The van der Waals surface area contributed by atoms with E-state index in [1.54, 1.807) is 23.5 Å². The summed E-state index contributed by atoms with van der Waals surface area (Å²) in [6.45, 7) is 0. The summed E-state index contributed by atoms with van der Waals surface area (Å²) in [5.41, 5.74) is 4.83. The third-order valence-electron chi connectivity index (χ3n) is 5.54. The van der Waals surface area contributed by atoms with Crippen molar-refractivity contribution in [2.45, 2.75) is 0 Å². The van der Waals surface area contributed by atoms with Gasteiger partial charge in [0, 0.05) is 36.9 Å². The number of fused-ring (bicyclic) bond motifs is 3. The Hall–Kier alpha value is -3.76. The maximum Gasteiger partial charge on any atom is 0.138 e. The molecule has 0 spiro atoms. The molecule has 0 saturated carbocycles. The molecule has 0 fully saturated rings. The number of benzene rings is 4. The van der Waals surface area contributed by atoms with Crippen molar-refractivity contribution in [2.75, 3.05) is 0 Å². The summed E-state index contributed by atoms with van der Waals surface area (Å²) in [6, 6.07) is 31.7. The largest absolute Gasteiger partial charge is 0.337 e. The molecule has 0 unspecified atom stereocenters. The predicted octanol–water partition coefficient (Wildman–Crippen LogP) is 7.92. The average Bonchev–Trinajstić information content (AvgIpc) is 3.42. The van der Waals surface area contributed by atoms with Crippen LogP contribution in [-0.4, -0.2) is 9.97 Å². The highest BCUT2D eigenvalue weighted by molar-refractivity contribution is 7.25. The normalized spacial score (nSPS) is 11.4. The maximum atomic E-state index is 13.4. The Balaban J connectivity index is 1.56. The van der Waals surface area contributed by atoms with Crippen LogP contribution in [-0.2, 0) is 0 Å². The zero-order chi connectivity index (χ0) is 20.8. The summed E-state index contributed by atoms with van der Waals surface area (Å²) in [6.07, 6.45) is 0. The molecule has 0 aliphatic rings. The summed E-state index contributed by atoms with van der Waals surface area (Å²) < 4.78 is 15.9. The molecular formula is C27H17FN2S. The lowest BCUT2D eigenvalue weighted by Crippen LogP contribution is -1.83. The number of nitrogens with zero attached hydrogens (tertiary/aromatic N) is 1. The van der Waals surface area contributed by atoms with Crippen molar-refractivity contribution in [3.63, 3.8) is 0 Å². The van der Waals surface area contributed by atoms with E-state index in [1.807, 2.05) is 18.2 Å². The van der Waals surface area contributed by atoms with E-state index in [0.717, 1.165) is 33.9 Å². The van der Waals surface area contributed by atoms with Crippen LogP contribution in [0, 0.1) is 5.82 Å². The highest BCUT2D eigenvalue weighted by Crippen LogP contribution is 2.38. The quantitative estimate of drug-likeness (QED) is 0.309. The zero-order valence-corrected chi connectivity index (χ0v) is 17.3. The summed E-state index contributed by atoms with van der Waals surface area (Å²) in [7, 11) is 0. The molecule has 0 bridgehead atoms. The molecule has 6 aromatic rings. The Morgan fingerprint density at radius 2 is 1.35 bits per heavy atom. The molecule has 0 radical (unpaired) electrons. The summed E-state index contributed by atoms with van der Waals surface area (Å²) >= 11 is 1.80. The summed E-state index contributed by atoms with van der Waals surface area (Å²) in [5.74, 6) is 0.472. The van der Waals surface area contributed by atoms with Gasteiger partial charge in [-0.05, 0) is 36.4 Å². The number of aromatic nitrogens is 2. The van der Waals surface area contributed by atoms with E-state index in [9.17, 15) is 4.39 Å². The second-order valence-corrected chi connectivity index (χ2v) is 8.57. The molecule has 0 saturated heterocycles. The van der Waals surface area contributed by atoms with Crippen LogP contribution < -0.4 is 0 Å². The topological polar surface area (TPSA) is 28.7 Å². The standard InChI is InChI=1S/C27H17FN2S/c28-20-13-10-18(11-14-20)27-29-25(17-6-2-1-3-7-17)26(30-27)19-12-15-22-21-8-4-5-9-23(21)31-24(22)16-19/h1-16H,(H,29,30). The molecule has 1 N–H and O–H groups in total. The molecule has 2 aromatic heterocycles. The number of nitrogens with one attached hydrogen (secondary N) is 1. The third-order valence-corrected chi connectivity index (χ3v) is 6.67. The Kier molecular flexibility index (Phi) is 4.18. The van der Waals surface area contributed by atoms with Crippen molar-refractivity contribution < 1.29 is 4.39 Å². The highest BCUT2D eigenvalue weighted by Gasteiger charge is 2.16. The van der Waals surface area contributed by atoms with Crippen LogP contribution in [0.1, 0.15) is 0 Å². The second kappa shape index (κ2) is 7.18. The van der Waals surface area contributed by atoms with Crippen molar-refractivity contribution in [3.05, 3.63) is 103 Å². The van der Waals surface area contributed by atoms with E-state index in [0.29, 0.717) is 0 Å². The van der Waals surface area contributed by atoms with Gasteiger partial charge in [0.2, 0.25) is 0 Å². The number of halogens is 1. The van der Waals surface area contributed by atoms with E-state index >= 15 is 0 Å². The van der Waals surface area contributed by atoms with Gasteiger partial charge in [0.25, 0.3) is 0 Å². The van der Waals surface area contributed by atoms with Crippen molar-refractivity contribution in [1.82, 2.24) is 9.97 Å². The lowest BCUT2D eigenvalue weighted by molar-refractivity contribution is 0.628. The lowest BCUT2D eigenvalue weighted by atomic mass is 10.0. The molecule has 0 aliphatic heterocycles. The van der Waals surface area contributed by atoms with Gasteiger partial charge in [0.1, 0.15) is 11.6 Å². The minimum Gasteiger partial charge on any atom is -0.337 e. The summed E-state index contributed by atoms with van der Waals surface area (Å²) in [4.78, 5) is 8.42. The van der Waals surface area contributed by atoms with Crippen LogP contribution in [0.15, 0.2) is 97.1 Å². The number of H-pyrrole nitrogens is 1. The van der Waals surface area contributed by atoms with Gasteiger partial charge in [0.05, 0.1) is 11.4 Å². The number of hydrogen-bond acceptors (Lipinski definition) is 2. The molecular weight excluding hydrogens is 403 g/mol. The second-order valence-electron chi connectivity index (χ2n) is 7.49. The minimum absolute atomic E-state index is 0.256. The van der Waals surface area contributed by atoms with Crippen molar-refractivity contribution in [2.24, 2.45) is 0 Å².